The topological polar surface area (TPSA) is 165 Å². The van der Waals surface area contributed by atoms with E-state index < -0.39 is 54.2 Å². The lowest BCUT2D eigenvalue weighted by Gasteiger charge is -2.34. The van der Waals surface area contributed by atoms with E-state index in [2.05, 4.69) is 9.80 Å². The SMILES string of the molecule is C[C@@H](c1ccc(CC(=O)[C@@H](N)C2CCCCCC2)c(F)c1)[C@@H](O)C(=O)N1CCN(C)CC1.C[C@H](C(=O)Cc1ccc([C@H](C)[C@@H](O)C(=O)N2CCN(C)CC2)cc1F)C1CCCCCC1.O=CC(F)(F)F.[2H]CC. The first kappa shape index (κ1) is 60.4. The first-order valence-corrected chi connectivity index (χ1v) is 26.0. The molecule has 2 heterocycles. The predicted octanol–water partition coefficient (Wildman–Crippen LogP) is 8.03. The van der Waals surface area contributed by atoms with Crippen molar-refractivity contribution in [3.63, 3.8) is 0 Å². The number of halogens is 5. The second-order valence-corrected chi connectivity index (χ2v) is 20.2. The number of benzene rings is 2. The Bertz CT molecular complexity index is 1890. The van der Waals surface area contributed by atoms with Crippen LogP contribution in [-0.4, -0.2) is 150 Å². The van der Waals surface area contributed by atoms with Crippen LogP contribution in [-0.2, 0) is 36.8 Å². The van der Waals surface area contributed by atoms with Gasteiger partial charge in [-0.1, -0.05) is 110 Å². The smallest absolute Gasteiger partial charge is 0.383 e. The van der Waals surface area contributed by atoms with Crippen LogP contribution in [0.5, 0.6) is 0 Å². The molecule has 2 amide bonds. The molecule has 72 heavy (non-hydrogen) atoms. The van der Waals surface area contributed by atoms with E-state index in [0.29, 0.717) is 61.3 Å². The van der Waals surface area contributed by atoms with Crippen LogP contribution in [0.4, 0.5) is 22.0 Å². The largest absolute Gasteiger partial charge is 0.446 e. The van der Waals surface area contributed by atoms with E-state index >= 15 is 0 Å². The maximum absolute atomic E-state index is 14.9. The van der Waals surface area contributed by atoms with Crippen LogP contribution < -0.4 is 5.73 Å². The fourth-order valence-electron chi connectivity index (χ4n) is 9.86. The van der Waals surface area contributed by atoms with Gasteiger partial charge in [0.25, 0.3) is 11.8 Å². The Morgan fingerprint density at radius 2 is 0.986 bits per heavy atom. The Hall–Kier alpha value is -4.16. The quantitative estimate of drug-likeness (QED) is 0.0959. The van der Waals surface area contributed by atoms with Crippen LogP contribution in [0.2, 0.25) is 0 Å². The molecular formula is C55H84F5N5O7. The van der Waals surface area contributed by atoms with Crippen LogP contribution in [0.15, 0.2) is 36.4 Å². The van der Waals surface area contributed by atoms with Crippen LogP contribution in [0.1, 0.15) is 147 Å². The number of alkyl halides is 3. The van der Waals surface area contributed by atoms with Gasteiger partial charge in [0.05, 0.1) is 6.04 Å². The number of Topliss-reactive ketones (excluding diaryl/α,β-unsaturated/α-hetero) is 2. The highest BCUT2D eigenvalue weighted by Crippen LogP contribution is 2.32. The maximum atomic E-state index is 14.9. The van der Waals surface area contributed by atoms with Crippen LogP contribution in [0, 0.1) is 29.4 Å². The standard InChI is InChI=1S/C26H39FN2O3.C25H38FN3O3.C2HF3O.C2H6/c1-18(20-8-6-4-5-7-9-20)24(30)17-22-11-10-21(16-23(22)27)19(2)25(31)26(32)29-14-12-28(3)13-15-29;1-17(24(31)25(32)29-13-11-28(2)12-14-29)19-9-10-20(21(26)15-19)16-22(30)23(27)18-7-5-3-4-6-8-18;3-2(4,5)1-6;1-2/h10-11,16,18-20,25,31H,4-9,12-15,17H2,1-3H3;9-10,15,17-18,23-24,31H,3-8,11-14,16,27H2,1-2H3;1H;1-2H3/t18-,19-,25+;17-,23-,24+;;/m00../s1/i;;;1D. The fraction of sp³-hybridized carbons (Fsp3) is 0.691. The highest BCUT2D eigenvalue weighted by atomic mass is 19.4. The minimum atomic E-state index is -4.64. The van der Waals surface area contributed by atoms with Gasteiger partial charge in [-0.15, -0.1) is 0 Å². The summed E-state index contributed by atoms with van der Waals surface area (Å²) in [6.45, 7) is 13.2. The number of rotatable bonds is 14. The Labute approximate surface area is 426 Å². The number of likely N-dealkylation sites (N-methyl/N-ethyl adjacent to an activating group) is 2. The van der Waals surface area contributed by atoms with Crippen molar-refractivity contribution in [2.75, 3.05) is 66.5 Å². The summed E-state index contributed by atoms with van der Waals surface area (Å²) in [5.41, 5.74) is 8.07. The lowest BCUT2D eigenvalue weighted by molar-refractivity contribution is -0.156. The zero-order valence-electron chi connectivity index (χ0n) is 44.6. The molecule has 17 heteroatoms. The fourth-order valence-corrected chi connectivity index (χ4v) is 9.86. The van der Waals surface area contributed by atoms with Crippen molar-refractivity contribution in [1.29, 1.82) is 0 Å². The lowest BCUT2D eigenvalue weighted by atomic mass is 9.82. The van der Waals surface area contributed by atoms with E-state index in [9.17, 15) is 51.3 Å². The Balaban J connectivity index is 0.000000330. The summed E-state index contributed by atoms with van der Waals surface area (Å²) in [6, 6.07) is 8.85. The zero-order chi connectivity index (χ0) is 54.4. The molecule has 0 radical (unpaired) electrons. The van der Waals surface area contributed by atoms with Crippen molar-refractivity contribution >= 4 is 29.7 Å². The van der Waals surface area contributed by atoms with Crippen molar-refractivity contribution in [3.05, 3.63) is 70.3 Å². The molecule has 12 nitrogen and oxygen atoms in total. The summed E-state index contributed by atoms with van der Waals surface area (Å²) < 4.78 is 67.2. The molecule has 2 aliphatic heterocycles. The average Bonchev–Trinajstić information content (AvgIpc) is 3.83. The molecule has 2 saturated heterocycles. The molecule has 0 aromatic heterocycles. The Kier molecular flexibility index (Phi) is 25.9. The van der Waals surface area contributed by atoms with Gasteiger partial charge in [0.15, 0.2) is 5.78 Å². The molecule has 2 aromatic carbocycles. The first-order valence-electron chi connectivity index (χ1n) is 26.7. The number of hydrogen-bond donors (Lipinski definition) is 3. The van der Waals surface area contributed by atoms with E-state index in [1.165, 1.54) is 50.7 Å². The molecule has 0 spiro atoms. The van der Waals surface area contributed by atoms with Gasteiger partial charge < -0.3 is 35.5 Å². The summed E-state index contributed by atoms with van der Waals surface area (Å²) in [4.78, 5) is 67.2. The van der Waals surface area contributed by atoms with Crippen molar-refractivity contribution in [2.24, 2.45) is 23.5 Å². The minimum absolute atomic E-state index is 0.0268. The average molecular weight is 1020 g/mol. The molecule has 0 bridgehead atoms. The summed E-state index contributed by atoms with van der Waals surface area (Å²) in [5, 5.41) is 21.2. The number of aldehydes is 1. The number of aliphatic hydroxyl groups is 2. The predicted molar refractivity (Wildman–Crippen MR) is 270 cm³/mol. The van der Waals surface area contributed by atoms with E-state index in [1.807, 2.05) is 21.0 Å². The van der Waals surface area contributed by atoms with Crippen molar-refractivity contribution in [1.82, 2.24) is 19.6 Å². The molecule has 4 fully saturated rings. The Morgan fingerprint density at radius 3 is 1.32 bits per heavy atom. The minimum Gasteiger partial charge on any atom is -0.383 e. The van der Waals surface area contributed by atoms with Crippen LogP contribution in [0.3, 0.4) is 0 Å². The molecule has 4 aliphatic rings. The van der Waals surface area contributed by atoms with E-state index in [4.69, 9.17) is 11.9 Å². The normalized spacial score (nSPS) is 20.4. The molecule has 2 aliphatic carbocycles. The van der Waals surface area contributed by atoms with Gasteiger partial charge in [0, 0.05) is 84.3 Å². The number of carbonyl (C=O) groups is 5. The van der Waals surface area contributed by atoms with Crippen LogP contribution in [0.25, 0.3) is 0 Å². The molecular weight excluding hydrogens is 938 g/mol. The summed E-state index contributed by atoms with van der Waals surface area (Å²) >= 11 is 0. The van der Waals surface area contributed by atoms with Gasteiger partial charge in [-0.05, 0) is 86.0 Å². The number of aliphatic hydroxyl groups excluding tert-OH is 2. The third-order valence-electron chi connectivity index (χ3n) is 15.0. The molecule has 2 aromatic rings. The van der Waals surface area contributed by atoms with Gasteiger partial charge in [0.2, 0.25) is 6.29 Å². The highest BCUT2D eigenvalue weighted by Gasteiger charge is 2.33. The summed E-state index contributed by atoms with van der Waals surface area (Å²) in [7, 11) is 4.01. The maximum Gasteiger partial charge on any atom is 0.446 e. The number of piperazine rings is 2. The third kappa shape index (κ3) is 19.6. The molecule has 4 N–H and O–H groups in total. The molecule has 6 atom stereocenters. The number of amides is 2. The molecule has 406 valence electrons. The van der Waals surface area contributed by atoms with E-state index in [0.717, 1.165) is 64.7 Å². The number of nitrogens with two attached hydrogens (primary N) is 1. The van der Waals surface area contributed by atoms with Crippen molar-refractivity contribution < 1.29 is 57.5 Å². The van der Waals surface area contributed by atoms with Gasteiger partial charge in [-0.3, -0.25) is 24.0 Å². The first-order chi connectivity index (χ1) is 34.5. The van der Waals surface area contributed by atoms with Gasteiger partial charge in [-0.2, -0.15) is 13.2 Å². The monoisotopic (exact) mass is 1020 g/mol. The molecule has 6 rings (SSSR count). The zero-order valence-corrected chi connectivity index (χ0v) is 43.6. The number of nitrogens with zero attached hydrogens (tertiary/aromatic N) is 4. The van der Waals surface area contributed by atoms with Crippen molar-refractivity contribution in [3.8, 4) is 0 Å². The van der Waals surface area contributed by atoms with Gasteiger partial charge >= 0.3 is 6.18 Å². The number of carbonyl (C=O) groups excluding carboxylic acids is 5. The third-order valence-corrected chi connectivity index (χ3v) is 15.0. The lowest BCUT2D eigenvalue weighted by Crippen LogP contribution is -2.51. The highest BCUT2D eigenvalue weighted by molar-refractivity contribution is 5.86. The van der Waals surface area contributed by atoms with E-state index in [-0.39, 0.29) is 48.1 Å². The van der Waals surface area contributed by atoms with Crippen molar-refractivity contribution in [2.45, 2.75) is 161 Å². The summed E-state index contributed by atoms with van der Waals surface area (Å²) in [6.07, 6.45) is 5.46. The Morgan fingerprint density at radius 1 is 0.653 bits per heavy atom. The second kappa shape index (κ2) is 30.9. The number of ketones is 2. The number of hydrogen-bond acceptors (Lipinski definition) is 10. The molecule has 0 unspecified atom stereocenters. The van der Waals surface area contributed by atoms with E-state index in [1.54, 1.807) is 54.8 Å². The molecule has 2 saturated carbocycles. The van der Waals surface area contributed by atoms with Gasteiger partial charge in [-0.25, -0.2) is 8.78 Å². The van der Waals surface area contributed by atoms with Gasteiger partial charge in [0.1, 0.15) is 29.6 Å². The van der Waals surface area contributed by atoms with Crippen LogP contribution >= 0.6 is 0 Å². The second-order valence-electron chi connectivity index (χ2n) is 20.2. The summed E-state index contributed by atoms with van der Waals surface area (Å²) in [5.74, 6) is -2.10.